The summed E-state index contributed by atoms with van der Waals surface area (Å²) in [5, 5.41) is 6.31. The summed E-state index contributed by atoms with van der Waals surface area (Å²) in [6, 6.07) is 0.189. The van der Waals surface area contributed by atoms with Crippen LogP contribution < -0.4 is 10.6 Å². The summed E-state index contributed by atoms with van der Waals surface area (Å²) in [6.07, 6.45) is -3.82. The van der Waals surface area contributed by atoms with Gasteiger partial charge in [0, 0.05) is 30.5 Å². The molecular formula is C14H24F3N3O. The van der Waals surface area contributed by atoms with Crippen LogP contribution in [0.15, 0.2) is 4.99 Å². The van der Waals surface area contributed by atoms with Gasteiger partial charge in [-0.2, -0.15) is 13.2 Å². The molecule has 1 saturated carbocycles. The molecule has 21 heavy (non-hydrogen) atoms. The predicted octanol–water partition coefficient (Wildman–Crippen LogP) is 2.31. The molecule has 4 nitrogen and oxygen atoms in total. The zero-order chi connectivity index (χ0) is 15.7. The topological polar surface area (TPSA) is 45.7 Å². The first-order valence-corrected chi connectivity index (χ1v) is 7.49. The Hall–Kier alpha value is -0.980. The molecule has 0 radical (unpaired) electrons. The molecule has 2 N–H and O–H groups in total. The van der Waals surface area contributed by atoms with Gasteiger partial charge in [0.05, 0.1) is 19.1 Å². The van der Waals surface area contributed by atoms with Crippen LogP contribution in [0.5, 0.6) is 0 Å². The zero-order valence-electron chi connectivity index (χ0n) is 12.8. The van der Waals surface area contributed by atoms with Crippen molar-refractivity contribution in [3.05, 3.63) is 0 Å². The number of hydrogen-bond acceptors (Lipinski definition) is 2. The number of halogens is 3. The van der Waals surface area contributed by atoms with Crippen LogP contribution >= 0.6 is 0 Å². The number of hydrogen-bond donors (Lipinski definition) is 2. The SMILES string of the molecule is CCNC(=NCCC(F)(F)F)NC1C2CCOC2C1(C)C. The highest BCUT2D eigenvalue weighted by molar-refractivity contribution is 5.80. The van der Waals surface area contributed by atoms with Gasteiger partial charge in [0.2, 0.25) is 0 Å². The van der Waals surface area contributed by atoms with E-state index in [4.69, 9.17) is 4.74 Å². The van der Waals surface area contributed by atoms with Crippen molar-refractivity contribution in [1.82, 2.24) is 10.6 Å². The van der Waals surface area contributed by atoms with Gasteiger partial charge in [-0.25, -0.2) is 0 Å². The van der Waals surface area contributed by atoms with Crippen LogP contribution in [0.2, 0.25) is 0 Å². The lowest BCUT2D eigenvalue weighted by Gasteiger charge is -2.54. The third kappa shape index (κ3) is 3.62. The predicted molar refractivity (Wildman–Crippen MR) is 75.2 cm³/mol. The first kappa shape index (κ1) is 16.4. The van der Waals surface area contributed by atoms with Crippen molar-refractivity contribution in [2.45, 2.75) is 51.9 Å². The molecule has 0 aromatic rings. The maximum atomic E-state index is 12.2. The molecule has 0 amide bonds. The Morgan fingerprint density at radius 3 is 2.71 bits per heavy atom. The Morgan fingerprint density at radius 2 is 2.10 bits per heavy atom. The zero-order valence-corrected chi connectivity index (χ0v) is 12.8. The number of aliphatic imine (C=N–C) groups is 1. The molecule has 1 heterocycles. The standard InChI is InChI=1S/C14H24F3N3O/c1-4-18-12(19-7-6-14(15,16)17)20-10-9-5-8-21-11(9)13(10,2)3/h9-11H,4-8H2,1-3H3,(H2,18,19,20). The fourth-order valence-electron chi connectivity index (χ4n) is 3.38. The average Bonchev–Trinajstić information content (AvgIpc) is 2.81. The van der Waals surface area contributed by atoms with Gasteiger partial charge in [-0.05, 0) is 13.3 Å². The Kier molecular flexibility index (Phi) is 4.70. The van der Waals surface area contributed by atoms with E-state index in [0.717, 1.165) is 13.0 Å². The van der Waals surface area contributed by atoms with Gasteiger partial charge in [-0.1, -0.05) is 13.8 Å². The van der Waals surface area contributed by atoms with Crippen LogP contribution in [0.3, 0.4) is 0 Å². The number of nitrogens with one attached hydrogen (secondary N) is 2. The van der Waals surface area contributed by atoms with E-state index in [1.54, 1.807) is 0 Å². The Labute approximate surface area is 123 Å². The first-order valence-electron chi connectivity index (χ1n) is 7.49. The van der Waals surface area contributed by atoms with E-state index in [1.807, 2.05) is 6.92 Å². The largest absolute Gasteiger partial charge is 0.390 e. The molecule has 2 aliphatic rings. The van der Waals surface area contributed by atoms with Crippen LogP contribution in [-0.2, 0) is 4.74 Å². The second-order valence-electron chi connectivity index (χ2n) is 6.31. The van der Waals surface area contributed by atoms with Crippen molar-refractivity contribution in [3.63, 3.8) is 0 Å². The van der Waals surface area contributed by atoms with E-state index >= 15 is 0 Å². The summed E-state index contributed by atoms with van der Waals surface area (Å²) in [5.74, 6) is 0.886. The second-order valence-corrected chi connectivity index (χ2v) is 6.31. The highest BCUT2D eigenvalue weighted by Crippen LogP contribution is 2.52. The minimum absolute atomic E-state index is 0.0264. The molecule has 0 aromatic heterocycles. The fraction of sp³-hybridized carbons (Fsp3) is 0.929. The summed E-state index contributed by atoms with van der Waals surface area (Å²) in [4.78, 5) is 4.03. The first-order chi connectivity index (χ1) is 9.75. The number of guanidine groups is 1. The lowest BCUT2D eigenvalue weighted by atomic mass is 9.57. The summed E-state index contributed by atoms with van der Waals surface area (Å²) in [7, 11) is 0. The normalized spacial score (nSPS) is 31.5. The van der Waals surface area contributed by atoms with Crippen LogP contribution in [0.1, 0.15) is 33.6 Å². The van der Waals surface area contributed by atoms with E-state index in [9.17, 15) is 13.2 Å². The van der Waals surface area contributed by atoms with Crippen molar-refractivity contribution in [2.24, 2.45) is 16.3 Å². The third-order valence-corrected chi connectivity index (χ3v) is 4.40. The van der Waals surface area contributed by atoms with Gasteiger partial charge in [0.25, 0.3) is 0 Å². The average molecular weight is 307 g/mol. The van der Waals surface area contributed by atoms with Crippen LogP contribution in [0.4, 0.5) is 13.2 Å². The molecule has 1 saturated heterocycles. The number of fused-ring (bicyclic) bond motifs is 1. The molecule has 0 bridgehead atoms. The van der Waals surface area contributed by atoms with Crippen LogP contribution in [0.25, 0.3) is 0 Å². The molecule has 3 atom stereocenters. The monoisotopic (exact) mass is 307 g/mol. The molecule has 122 valence electrons. The van der Waals surface area contributed by atoms with Crippen molar-refractivity contribution < 1.29 is 17.9 Å². The number of alkyl halides is 3. The van der Waals surface area contributed by atoms with E-state index in [2.05, 4.69) is 29.5 Å². The lowest BCUT2D eigenvalue weighted by Crippen LogP contribution is -2.68. The highest BCUT2D eigenvalue weighted by atomic mass is 19.4. The van der Waals surface area contributed by atoms with E-state index in [1.165, 1.54) is 0 Å². The van der Waals surface area contributed by atoms with E-state index in [0.29, 0.717) is 18.4 Å². The third-order valence-electron chi connectivity index (χ3n) is 4.40. The Morgan fingerprint density at radius 1 is 1.38 bits per heavy atom. The second kappa shape index (κ2) is 6.02. The van der Waals surface area contributed by atoms with Crippen LogP contribution in [0, 0.1) is 11.3 Å². The molecular weight excluding hydrogens is 283 g/mol. The maximum Gasteiger partial charge on any atom is 0.390 e. The number of nitrogens with zero attached hydrogens (tertiary/aromatic N) is 1. The molecule has 1 aliphatic carbocycles. The molecule has 2 fully saturated rings. The molecule has 0 aromatic carbocycles. The minimum atomic E-state index is -4.17. The summed E-state index contributed by atoms with van der Waals surface area (Å²) in [5.41, 5.74) is -0.0264. The van der Waals surface area contributed by atoms with Crippen molar-refractivity contribution >= 4 is 5.96 Å². The van der Waals surface area contributed by atoms with Crippen molar-refractivity contribution in [1.29, 1.82) is 0 Å². The van der Waals surface area contributed by atoms with Gasteiger partial charge in [-0.3, -0.25) is 4.99 Å². The highest BCUT2D eigenvalue weighted by Gasteiger charge is 2.59. The number of rotatable bonds is 4. The van der Waals surface area contributed by atoms with Gasteiger partial charge in [0.15, 0.2) is 5.96 Å². The Balaban J connectivity index is 1.95. The minimum Gasteiger partial charge on any atom is -0.377 e. The molecule has 2 rings (SSSR count). The quantitative estimate of drug-likeness (QED) is 0.619. The summed E-state index contributed by atoms with van der Waals surface area (Å²) >= 11 is 0. The van der Waals surface area contributed by atoms with Gasteiger partial charge >= 0.3 is 6.18 Å². The van der Waals surface area contributed by atoms with E-state index in [-0.39, 0.29) is 24.1 Å². The smallest absolute Gasteiger partial charge is 0.377 e. The Bertz CT molecular complexity index is 395. The fourth-order valence-corrected chi connectivity index (χ4v) is 3.38. The molecule has 3 unspecified atom stereocenters. The lowest BCUT2D eigenvalue weighted by molar-refractivity contribution is -0.132. The van der Waals surface area contributed by atoms with Gasteiger partial charge in [-0.15, -0.1) is 0 Å². The van der Waals surface area contributed by atoms with E-state index < -0.39 is 12.6 Å². The maximum absolute atomic E-state index is 12.2. The number of ether oxygens (including phenoxy) is 1. The molecule has 0 spiro atoms. The summed E-state index contributed by atoms with van der Waals surface area (Å²) in [6.45, 7) is 7.27. The molecule has 1 aliphatic heterocycles. The van der Waals surface area contributed by atoms with Crippen molar-refractivity contribution in [2.75, 3.05) is 19.7 Å². The van der Waals surface area contributed by atoms with Gasteiger partial charge in [0.1, 0.15) is 0 Å². The van der Waals surface area contributed by atoms with Gasteiger partial charge < -0.3 is 15.4 Å². The summed E-state index contributed by atoms with van der Waals surface area (Å²) < 4.78 is 42.3. The molecule has 7 heteroatoms. The van der Waals surface area contributed by atoms with Crippen molar-refractivity contribution in [3.8, 4) is 0 Å². The van der Waals surface area contributed by atoms with Crippen LogP contribution in [-0.4, -0.2) is 44.0 Å².